The molecule has 5 heterocycles. The van der Waals surface area contributed by atoms with E-state index in [1.165, 1.54) is 0 Å². The smallest absolute Gasteiger partial charge is 0.347 e. The van der Waals surface area contributed by atoms with Crippen LogP contribution in [0.4, 0.5) is 22.7 Å². The van der Waals surface area contributed by atoms with Crippen LogP contribution in [0.15, 0.2) is 24.5 Å². The summed E-state index contributed by atoms with van der Waals surface area (Å²) in [7, 11) is 0. The lowest BCUT2D eigenvalue weighted by Crippen LogP contribution is -2.35. The van der Waals surface area contributed by atoms with Crippen molar-refractivity contribution in [2.75, 3.05) is 41.4 Å². The molecule has 35 heavy (non-hydrogen) atoms. The average molecular weight is 496 g/mol. The third-order valence-electron chi connectivity index (χ3n) is 6.65. The van der Waals surface area contributed by atoms with Crippen LogP contribution in [0.5, 0.6) is 0 Å². The fourth-order valence-corrected chi connectivity index (χ4v) is 5.64. The molecule has 11 heteroatoms. The van der Waals surface area contributed by atoms with Crippen molar-refractivity contribution in [1.29, 1.82) is 0 Å². The van der Waals surface area contributed by atoms with Gasteiger partial charge in [-0.15, -0.1) is 0 Å². The molecular weight excluding hydrogens is 466 g/mol. The van der Waals surface area contributed by atoms with Crippen LogP contribution in [0.2, 0.25) is 0 Å². The molecule has 1 saturated heterocycles. The Morgan fingerprint density at radius 3 is 2.69 bits per heavy atom. The number of carboxylic acid groups (broad SMARTS) is 1. The summed E-state index contributed by atoms with van der Waals surface area (Å²) in [6.07, 6.45) is 7.39. The van der Waals surface area contributed by atoms with Crippen molar-refractivity contribution in [3.63, 3.8) is 0 Å². The Morgan fingerprint density at radius 1 is 1.20 bits per heavy atom. The Morgan fingerprint density at radius 2 is 2.00 bits per heavy atom. The van der Waals surface area contributed by atoms with Crippen LogP contribution in [0.3, 0.4) is 0 Å². The first-order valence-corrected chi connectivity index (χ1v) is 12.7. The molecule has 0 saturated carbocycles. The minimum absolute atomic E-state index is 0.207. The number of hydrogen-bond donors (Lipinski definition) is 3. The van der Waals surface area contributed by atoms with Crippen molar-refractivity contribution in [3.05, 3.63) is 46.2 Å². The number of fused-ring (bicyclic) bond motifs is 1. The number of nitrogens with one attached hydrogen (secondary N) is 1. The molecule has 2 aliphatic heterocycles. The van der Waals surface area contributed by atoms with Crippen LogP contribution in [-0.4, -0.2) is 62.4 Å². The molecule has 10 nitrogen and oxygen atoms in total. The third-order valence-corrected chi connectivity index (χ3v) is 7.71. The number of aryl methyl sites for hydroxylation is 1. The molecule has 1 fully saturated rings. The maximum atomic E-state index is 11.5. The van der Waals surface area contributed by atoms with Gasteiger partial charge < -0.3 is 20.0 Å². The molecule has 3 aromatic rings. The number of thiazole rings is 1. The summed E-state index contributed by atoms with van der Waals surface area (Å²) in [6.45, 7) is 5.23. The maximum Gasteiger partial charge on any atom is 0.347 e. The van der Waals surface area contributed by atoms with Crippen LogP contribution in [0.25, 0.3) is 0 Å². The molecule has 5 rings (SSSR count). The average Bonchev–Trinajstić information content (AvgIpc) is 3.43. The van der Waals surface area contributed by atoms with Gasteiger partial charge in [-0.3, -0.25) is 10.3 Å². The van der Waals surface area contributed by atoms with Crippen molar-refractivity contribution in [3.8, 4) is 0 Å². The van der Waals surface area contributed by atoms with E-state index < -0.39 is 5.97 Å². The quantitative estimate of drug-likeness (QED) is 0.428. The topological polar surface area (TPSA) is 128 Å². The van der Waals surface area contributed by atoms with Gasteiger partial charge >= 0.3 is 5.97 Å². The number of aliphatic hydroxyl groups excluding tert-OH is 1. The standard InChI is InChI=1S/C24H29N7O3S/c1-15-19(22(33)34)35-24(26-15)29-23-27-20(30-9-4-16(5-10-30)7-12-32)18-6-11-31(21(18)28-23)14-17-3-2-8-25-13-17/h2-3,8,13,16,32H,4-7,9-12,14H2,1H3,(H,33,34)(H,26,27,28,29). The summed E-state index contributed by atoms with van der Waals surface area (Å²) >= 11 is 1.09. The van der Waals surface area contributed by atoms with Crippen LogP contribution < -0.4 is 15.1 Å². The summed E-state index contributed by atoms with van der Waals surface area (Å²) in [5, 5.41) is 22.3. The van der Waals surface area contributed by atoms with Crippen molar-refractivity contribution in [1.82, 2.24) is 19.9 Å². The van der Waals surface area contributed by atoms with Gasteiger partial charge in [-0.25, -0.2) is 9.78 Å². The van der Waals surface area contributed by atoms with Crippen LogP contribution >= 0.6 is 11.3 Å². The van der Waals surface area contributed by atoms with Crippen LogP contribution in [0.1, 0.15) is 45.8 Å². The molecule has 0 aromatic carbocycles. The lowest BCUT2D eigenvalue weighted by atomic mass is 9.94. The number of piperidine rings is 1. The number of pyridine rings is 1. The number of hydrogen-bond acceptors (Lipinski definition) is 10. The first kappa shape index (κ1) is 23.4. The summed E-state index contributed by atoms with van der Waals surface area (Å²) in [4.78, 5) is 34.6. The van der Waals surface area contributed by atoms with E-state index in [2.05, 4.69) is 31.2 Å². The van der Waals surface area contributed by atoms with E-state index >= 15 is 0 Å². The molecular formula is C24H29N7O3S. The Labute approximate surface area is 207 Å². The highest BCUT2D eigenvalue weighted by atomic mass is 32.1. The van der Waals surface area contributed by atoms with E-state index in [-0.39, 0.29) is 11.5 Å². The highest BCUT2D eigenvalue weighted by Crippen LogP contribution is 2.37. The highest BCUT2D eigenvalue weighted by Gasteiger charge is 2.30. The van der Waals surface area contributed by atoms with Gasteiger partial charge in [-0.05, 0) is 50.2 Å². The number of aliphatic hydroxyl groups is 1. The summed E-state index contributed by atoms with van der Waals surface area (Å²) in [5.41, 5.74) is 2.72. The predicted molar refractivity (Wildman–Crippen MR) is 135 cm³/mol. The third kappa shape index (κ3) is 5.06. The Kier molecular flexibility index (Phi) is 6.78. The molecule has 0 bridgehead atoms. The van der Waals surface area contributed by atoms with E-state index in [1.54, 1.807) is 13.1 Å². The monoisotopic (exact) mass is 495 g/mol. The highest BCUT2D eigenvalue weighted by molar-refractivity contribution is 7.17. The molecule has 0 aliphatic carbocycles. The van der Waals surface area contributed by atoms with E-state index in [4.69, 9.17) is 9.97 Å². The second-order valence-electron chi connectivity index (χ2n) is 9.01. The lowest BCUT2D eigenvalue weighted by molar-refractivity contribution is 0.0701. The molecule has 3 aromatic heterocycles. The zero-order valence-corrected chi connectivity index (χ0v) is 20.5. The van der Waals surface area contributed by atoms with E-state index in [1.807, 2.05) is 12.3 Å². The van der Waals surface area contributed by atoms with Gasteiger partial charge in [0.2, 0.25) is 5.95 Å². The summed E-state index contributed by atoms with van der Waals surface area (Å²) < 4.78 is 0. The number of nitrogens with zero attached hydrogens (tertiary/aromatic N) is 6. The molecule has 0 spiro atoms. The number of aromatic carboxylic acids is 1. The first-order valence-electron chi connectivity index (χ1n) is 11.9. The van der Waals surface area contributed by atoms with Gasteiger partial charge in [0.05, 0.1) is 5.69 Å². The van der Waals surface area contributed by atoms with Crippen molar-refractivity contribution in [2.24, 2.45) is 5.92 Å². The molecule has 184 valence electrons. The second kappa shape index (κ2) is 10.1. The molecule has 0 radical (unpaired) electrons. The summed E-state index contributed by atoms with van der Waals surface area (Å²) in [5.74, 6) is 1.79. The molecule has 0 amide bonds. The number of carboxylic acids is 1. The van der Waals surface area contributed by atoms with E-state index in [0.29, 0.717) is 29.2 Å². The van der Waals surface area contributed by atoms with Gasteiger partial charge in [-0.2, -0.15) is 9.97 Å². The van der Waals surface area contributed by atoms with Gasteiger partial charge in [0, 0.05) is 50.7 Å². The van der Waals surface area contributed by atoms with Gasteiger partial charge in [0.25, 0.3) is 0 Å². The Balaban J connectivity index is 1.46. The zero-order chi connectivity index (χ0) is 24.4. The Bertz CT molecular complexity index is 1200. The zero-order valence-electron chi connectivity index (χ0n) is 19.6. The SMILES string of the molecule is Cc1nc(Nc2nc(N3CCC(CCO)CC3)c3c(n2)N(Cc2cccnc2)CC3)sc1C(=O)O. The fourth-order valence-electron chi connectivity index (χ4n) is 4.84. The van der Waals surface area contributed by atoms with Gasteiger partial charge in [0.15, 0.2) is 5.13 Å². The summed E-state index contributed by atoms with van der Waals surface area (Å²) in [6, 6.07) is 4.00. The number of rotatable bonds is 8. The van der Waals surface area contributed by atoms with Gasteiger partial charge in [-0.1, -0.05) is 17.4 Å². The first-order chi connectivity index (χ1) is 17.0. The minimum Gasteiger partial charge on any atom is -0.477 e. The predicted octanol–water partition coefficient (Wildman–Crippen LogP) is 3.24. The van der Waals surface area contributed by atoms with Crippen LogP contribution in [-0.2, 0) is 13.0 Å². The van der Waals surface area contributed by atoms with Crippen molar-refractivity contribution in [2.45, 2.75) is 39.2 Å². The van der Waals surface area contributed by atoms with E-state index in [9.17, 15) is 15.0 Å². The van der Waals surface area contributed by atoms with Crippen molar-refractivity contribution >= 4 is 40.0 Å². The van der Waals surface area contributed by atoms with Crippen LogP contribution in [0, 0.1) is 12.8 Å². The maximum absolute atomic E-state index is 11.5. The number of aromatic nitrogens is 4. The molecule has 0 unspecified atom stereocenters. The minimum atomic E-state index is -0.989. The lowest BCUT2D eigenvalue weighted by Gasteiger charge is -2.33. The molecule has 2 aliphatic rings. The van der Waals surface area contributed by atoms with Gasteiger partial charge in [0.1, 0.15) is 16.5 Å². The molecule has 3 N–H and O–H groups in total. The molecule has 0 atom stereocenters. The normalized spacial score (nSPS) is 15.9. The largest absolute Gasteiger partial charge is 0.477 e. The van der Waals surface area contributed by atoms with Crippen molar-refractivity contribution < 1.29 is 15.0 Å². The fraction of sp³-hybridized carbons (Fsp3) is 0.458. The number of anilines is 4. The van der Waals surface area contributed by atoms with E-state index in [0.717, 1.165) is 79.4 Å². The second-order valence-corrected chi connectivity index (χ2v) is 10.0. The number of carbonyl (C=O) groups is 1. The Hall–Kier alpha value is -3.31.